The Kier molecular flexibility index (Phi) is 3.72. The lowest BCUT2D eigenvalue weighted by Crippen LogP contribution is -1.76. The molecule has 0 atom stereocenters. The average Bonchev–Trinajstić information content (AvgIpc) is 2.76. The average molecular weight is 260 g/mol. The predicted molar refractivity (Wildman–Crippen MR) is 65.6 cm³/mol. The SMILES string of the molecule is Cc1cc(CSCc2ccc(Cl)s2)on1. The van der Waals surface area contributed by atoms with Gasteiger partial charge in [0.1, 0.15) is 5.76 Å². The van der Waals surface area contributed by atoms with Crippen LogP contribution in [-0.4, -0.2) is 5.16 Å². The standard InChI is InChI=1S/C10H10ClNOS2/c1-7-4-8(13-12-7)5-14-6-9-2-3-10(11)15-9/h2-4H,5-6H2,1H3. The van der Waals surface area contributed by atoms with Crippen LogP contribution in [0.4, 0.5) is 0 Å². The van der Waals surface area contributed by atoms with Crippen LogP contribution in [0.3, 0.4) is 0 Å². The summed E-state index contributed by atoms with van der Waals surface area (Å²) in [6.45, 7) is 1.93. The van der Waals surface area contributed by atoms with Crippen molar-refractivity contribution in [1.82, 2.24) is 5.16 Å². The third-order valence-electron chi connectivity index (χ3n) is 1.79. The number of aromatic nitrogens is 1. The van der Waals surface area contributed by atoms with Gasteiger partial charge in [-0.1, -0.05) is 16.8 Å². The summed E-state index contributed by atoms with van der Waals surface area (Å²) in [6.07, 6.45) is 0. The van der Waals surface area contributed by atoms with Gasteiger partial charge < -0.3 is 4.52 Å². The number of thioether (sulfide) groups is 1. The van der Waals surface area contributed by atoms with Gasteiger partial charge in [-0.2, -0.15) is 0 Å². The molecule has 2 nitrogen and oxygen atoms in total. The van der Waals surface area contributed by atoms with Crippen molar-refractivity contribution in [2.45, 2.75) is 18.4 Å². The number of aryl methyl sites for hydroxylation is 1. The quantitative estimate of drug-likeness (QED) is 0.826. The third kappa shape index (κ3) is 3.26. The Bertz CT molecular complexity index is 398. The number of hydrogen-bond acceptors (Lipinski definition) is 4. The van der Waals surface area contributed by atoms with Crippen molar-refractivity contribution in [2.24, 2.45) is 0 Å². The highest BCUT2D eigenvalue weighted by Crippen LogP contribution is 2.26. The van der Waals surface area contributed by atoms with Crippen molar-refractivity contribution in [1.29, 1.82) is 0 Å². The van der Waals surface area contributed by atoms with E-state index in [1.807, 2.05) is 19.1 Å². The van der Waals surface area contributed by atoms with Crippen LogP contribution in [0.2, 0.25) is 4.34 Å². The molecule has 0 fully saturated rings. The second kappa shape index (κ2) is 5.05. The van der Waals surface area contributed by atoms with Crippen molar-refractivity contribution < 1.29 is 4.52 Å². The van der Waals surface area contributed by atoms with Gasteiger partial charge in [-0.3, -0.25) is 0 Å². The largest absolute Gasteiger partial charge is 0.360 e. The molecule has 80 valence electrons. The van der Waals surface area contributed by atoms with Gasteiger partial charge in [-0.05, 0) is 19.1 Å². The second-order valence-corrected chi connectivity index (χ2v) is 5.92. The summed E-state index contributed by atoms with van der Waals surface area (Å²) in [7, 11) is 0. The van der Waals surface area contributed by atoms with Crippen molar-refractivity contribution in [3.63, 3.8) is 0 Å². The molecule has 0 amide bonds. The normalized spacial score (nSPS) is 10.8. The second-order valence-electron chi connectivity index (χ2n) is 3.13. The molecule has 0 unspecified atom stereocenters. The molecular formula is C10H10ClNOS2. The summed E-state index contributed by atoms with van der Waals surface area (Å²) >= 11 is 9.27. The van der Waals surface area contributed by atoms with Gasteiger partial charge in [-0.15, -0.1) is 23.1 Å². The first-order valence-electron chi connectivity index (χ1n) is 4.48. The highest BCUT2D eigenvalue weighted by atomic mass is 35.5. The van der Waals surface area contributed by atoms with E-state index >= 15 is 0 Å². The Balaban J connectivity index is 1.80. The zero-order valence-electron chi connectivity index (χ0n) is 8.20. The zero-order valence-corrected chi connectivity index (χ0v) is 10.6. The molecule has 0 N–H and O–H groups in total. The first-order chi connectivity index (χ1) is 7.24. The van der Waals surface area contributed by atoms with Crippen molar-refractivity contribution >= 4 is 34.7 Å². The molecule has 0 radical (unpaired) electrons. The van der Waals surface area contributed by atoms with Gasteiger partial charge in [0.25, 0.3) is 0 Å². The van der Waals surface area contributed by atoms with E-state index < -0.39 is 0 Å². The van der Waals surface area contributed by atoms with Crippen LogP contribution >= 0.6 is 34.7 Å². The van der Waals surface area contributed by atoms with Crippen LogP contribution in [0.5, 0.6) is 0 Å². The van der Waals surface area contributed by atoms with Crippen LogP contribution in [0.1, 0.15) is 16.3 Å². The van der Waals surface area contributed by atoms with E-state index in [2.05, 4.69) is 11.2 Å². The lowest BCUT2D eigenvalue weighted by atomic mass is 10.4. The Morgan fingerprint density at radius 3 is 2.93 bits per heavy atom. The minimum atomic E-state index is 0.848. The maximum Gasteiger partial charge on any atom is 0.146 e. The summed E-state index contributed by atoms with van der Waals surface area (Å²) in [4.78, 5) is 1.29. The topological polar surface area (TPSA) is 26.0 Å². The fourth-order valence-corrected chi connectivity index (χ4v) is 3.27. The molecule has 0 spiro atoms. The molecule has 2 aromatic rings. The third-order valence-corrected chi connectivity index (χ3v) is 4.21. The van der Waals surface area contributed by atoms with Gasteiger partial charge >= 0.3 is 0 Å². The fourth-order valence-electron chi connectivity index (χ4n) is 1.17. The maximum atomic E-state index is 5.84. The highest BCUT2D eigenvalue weighted by molar-refractivity contribution is 7.97. The molecule has 2 heterocycles. The Morgan fingerprint density at radius 2 is 2.33 bits per heavy atom. The summed E-state index contributed by atoms with van der Waals surface area (Å²) in [5.41, 5.74) is 0.935. The van der Waals surface area contributed by atoms with Gasteiger partial charge in [-0.25, -0.2) is 0 Å². The van der Waals surface area contributed by atoms with Crippen molar-refractivity contribution in [2.75, 3.05) is 0 Å². The molecule has 0 aliphatic heterocycles. The Hall–Kier alpha value is -0.450. The summed E-state index contributed by atoms with van der Waals surface area (Å²) < 4.78 is 5.96. The van der Waals surface area contributed by atoms with Crippen LogP contribution in [0.15, 0.2) is 22.7 Å². The minimum Gasteiger partial charge on any atom is -0.360 e. The zero-order chi connectivity index (χ0) is 10.7. The highest BCUT2D eigenvalue weighted by Gasteiger charge is 2.02. The molecule has 5 heteroatoms. The van der Waals surface area contributed by atoms with Crippen LogP contribution in [0, 0.1) is 6.92 Å². The molecule has 0 aromatic carbocycles. The number of halogens is 1. The van der Waals surface area contributed by atoms with E-state index in [0.717, 1.165) is 27.3 Å². The monoisotopic (exact) mass is 259 g/mol. The molecule has 2 aromatic heterocycles. The number of nitrogens with zero attached hydrogens (tertiary/aromatic N) is 1. The molecular weight excluding hydrogens is 250 g/mol. The van der Waals surface area contributed by atoms with Crippen LogP contribution < -0.4 is 0 Å². The molecule has 15 heavy (non-hydrogen) atoms. The van der Waals surface area contributed by atoms with E-state index in [-0.39, 0.29) is 0 Å². The molecule has 0 saturated heterocycles. The van der Waals surface area contributed by atoms with Gasteiger partial charge in [0.15, 0.2) is 0 Å². The number of thiophene rings is 1. The van der Waals surface area contributed by atoms with Gasteiger partial charge in [0, 0.05) is 16.7 Å². The smallest absolute Gasteiger partial charge is 0.146 e. The molecule has 2 rings (SSSR count). The number of hydrogen-bond donors (Lipinski definition) is 0. The van der Waals surface area contributed by atoms with E-state index in [0.29, 0.717) is 0 Å². The fraction of sp³-hybridized carbons (Fsp3) is 0.300. The lowest BCUT2D eigenvalue weighted by Gasteiger charge is -1.94. The number of rotatable bonds is 4. The van der Waals surface area contributed by atoms with E-state index in [4.69, 9.17) is 16.1 Å². The van der Waals surface area contributed by atoms with Gasteiger partial charge in [0.05, 0.1) is 15.8 Å². The predicted octanol–water partition coefficient (Wildman–Crippen LogP) is 4.13. The van der Waals surface area contributed by atoms with Crippen molar-refractivity contribution in [3.8, 4) is 0 Å². The van der Waals surface area contributed by atoms with Crippen LogP contribution in [0.25, 0.3) is 0 Å². The minimum absolute atomic E-state index is 0.848. The van der Waals surface area contributed by atoms with E-state index in [1.54, 1.807) is 23.1 Å². The Morgan fingerprint density at radius 1 is 1.47 bits per heavy atom. The summed E-state index contributed by atoms with van der Waals surface area (Å²) in [5, 5.41) is 3.84. The Labute approximate surface area is 102 Å². The molecule has 0 bridgehead atoms. The van der Waals surface area contributed by atoms with Crippen LogP contribution in [-0.2, 0) is 11.5 Å². The lowest BCUT2D eigenvalue weighted by molar-refractivity contribution is 0.391. The van der Waals surface area contributed by atoms with E-state index in [1.165, 1.54) is 4.88 Å². The van der Waals surface area contributed by atoms with Crippen molar-refractivity contribution in [3.05, 3.63) is 38.9 Å². The summed E-state index contributed by atoms with van der Waals surface area (Å²) in [6, 6.07) is 5.96. The maximum absolute atomic E-state index is 5.84. The molecule has 0 aliphatic carbocycles. The first-order valence-corrected chi connectivity index (χ1v) is 6.83. The van der Waals surface area contributed by atoms with E-state index in [9.17, 15) is 0 Å². The summed E-state index contributed by atoms with van der Waals surface area (Å²) in [5.74, 6) is 2.76. The first kappa shape index (κ1) is 11.0. The van der Waals surface area contributed by atoms with Gasteiger partial charge in [0.2, 0.25) is 0 Å². The molecule has 0 aliphatic rings. The molecule has 0 saturated carbocycles.